The molecule has 3 heteroatoms. The normalized spacial score (nSPS) is 18.4. The fourth-order valence-electron chi connectivity index (χ4n) is 1.88. The average Bonchev–Trinajstić information content (AvgIpc) is 3.02. The minimum Gasteiger partial charge on any atom is -0.383 e. The van der Waals surface area contributed by atoms with Crippen LogP contribution in [0.1, 0.15) is 32.6 Å². The van der Waals surface area contributed by atoms with Crippen LogP contribution in [0.4, 0.5) is 0 Å². The van der Waals surface area contributed by atoms with Crippen LogP contribution in [0.15, 0.2) is 0 Å². The first kappa shape index (κ1) is 13.3. The fraction of sp³-hybridized carbons (Fsp3) is 1.00. The van der Waals surface area contributed by atoms with Gasteiger partial charge in [-0.05, 0) is 43.9 Å². The number of rotatable bonds is 9. The van der Waals surface area contributed by atoms with E-state index in [-0.39, 0.29) is 0 Å². The first-order valence-electron chi connectivity index (χ1n) is 6.11. The molecular weight excluding hydrogens is 206 g/mol. The molecule has 1 aliphatic carbocycles. The molecule has 0 aromatic heterocycles. The quantitative estimate of drug-likeness (QED) is 0.612. The van der Waals surface area contributed by atoms with E-state index >= 15 is 0 Å². The summed E-state index contributed by atoms with van der Waals surface area (Å²) in [5.74, 6) is 1.83. The van der Waals surface area contributed by atoms with Gasteiger partial charge >= 0.3 is 0 Å². The van der Waals surface area contributed by atoms with Crippen LogP contribution in [-0.4, -0.2) is 43.5 Å². The molecule has 1 rings (SSSR count). The molecule has 0 saturated heterocycles. The lowest BCUT2D eigenvalue weighted by atomic mass is 10.1. The number of thiol groups is 1. The van der Waals surface area contributed by atoms with E-state index in [4.69, 9.17) is 4.74 Å². The molecule has 0 N–H and O–H groups in total. The van der Waals surface area contributed by atoms with Crippen LogP contribution in [0.5, 0.6) is 0 Å². The third-order valence-corrected chi connectivity index (χ3v) is 3.44. The van der Waals surface area contributed by atoms with Crippen LogP contribution in [-0.2, 0) is 4.74 Å². The lowest BCUT2D eigenvalue weighted by Gasteiger charge is -2.23. The highest BCUT2D eigenvalue weighted by Gasteiger charge is 2.28. The predicted molar refractivity (Wildman–Crippen MR) is 68.7 cm³/mol. The van der Waals surface area contributed by atoms with E-state index in [2.05, 4.69) is 24.5 Å². The predicted octanol–water partition coefficient (Wildman–Crippen LogP) is 2.44. The van der Waals surface area contributed by atoms with Gasteiger partial charge in [-0.2, -0.15) is 12.6 Å². The smallest absolute Gasteiger partial charge is 0.0589 e. The Hall–Kier alpha value is 0.270. The Morgan fingerprint density at radius 2 is 2.07 bits per heavy atom. The van der Waals surface area contributed by atoms with Crippen molar-refractivity contribution in [1.29, 1.82) is 0 Å². The summed E-state index contributed by atoms with van der Waals surface area (Å²) >= 11 is 4.28. The van der Waals surface area contributed by atoms with Crippen molar-refractivity contribution in [3.8, 4) is 0 Å². The van der Waals surface area contributed by atoms with Crippen molar-refractivity contribution in [3.63, 3.8) is 0 Å². The van der Waals surface area contributed by atoms with Crippen molar-refractivity contribution in [1.82, 2.24) is 4.90 Å². The second kappa shape index (κ2) is 7.53. The molecule has 1 fully saturated rings. The summed E-state index contributed by atoms with van der Waals surface area (Å²) in [6.07, 6.45) is 5.34. The fourth-order valence-corrected chi connectivity index (χ4v) is 2.32. The Labute approximate surface area is 99.8 Å². The summed E-state index contributed by atoms with van der Waals surface area (Å²) < 4.78 is 5.15. The molecular formula is C12H25NOS. The topological polar surface area (TPSA) is 12.5 Å². The number of hydrogen-bond donors (Lipinski definition) is 1. The molecule has 2 nitrogen and oxygen atoms in total. The van der Waals surface area contributed by atoms with Crippen molar-refractivity contribution in [2.45, 2.75) is 38.6 Å². The number of methoxy groups -OCH3 is 1. The largest absolute Gasteiger partial charge is 0.383 e. The SMILES string of the molecule is COCCN(CCC(C)CCS)C1CC1. The van der Waals surface area contributed by atoms with Gasteiger partial charge in [0.25, 0.3) is 0 Å². The maximum atomic E-state index is 5.15. The maximum absolute atomic E-state index is 5.15. The van der Waals surface area contributed by atoms with Crippen LogP contribution in [0.2, 0.25) is 0 Å². The van der Waals surface area contributed by atoms with Crippen molar-refractivity contribution >= 4 is 12.6 Å². The number of ether oxygens (including phenoxy) is 1. The highest BCUT2D eigenvalue weighted by atomic mass is 32.1. The highest BCUT2D eigenvalue weighted by Crippen LogP contribution is 2.27. The summed E-state index contributed by atoms with van der Waals surface area (Å²) in [6, 6.07) is 0.864. The van der Waals surface area contributed by atoms with E-state index in [1.54, 1.807) is 7.11 Å². The summed E-state index contributed by atoms with van der Waals surface area (Å²) in [5, 5.41) is 0. The lowest BCUT2D eigenvalue weighted by molar-refractivity contribution is 0.139. The monoisotopic (exact) mass is 231 g/mol. The lowest BCUT2D eigenvalue weighted by Crippen LogP contribution is -2.31. The van der Waals surface area contributed by atoms with Crippen molar-refractivity contribution in [3.05, 3.63) is 0 Å². The van der Waals surface area contributed by atoms with Crippen LogP contribution in [0.25, 0.3) is 0 Å². The summed E-state index contributed by atoms with van der Waals surface area (Å²) in [7, 11) is 1.79. The van der Waals surface area contributed by atoms with E-state index in [0.717, 1.165) is 30.9 Å². The molecule has 1 atom stereocenters. The molecule has 0 heterocycles. The zero-order valence-electron chi connectivity index (χ0n) is 10.1. The Bertz CT molecular complexity index is 162. The molecule has 0 amide bonds. The zero-order chi connectivity index (χ0) is 11.1. The van der Waals surface area contributed by atoms with E-state index in [9.17, 15) is 0 Å². The molecule has 0 spiro atoms. The molecule has 15 heavy (non-hydrogen) atoms. The average molecular weight is 231 g/mol. The first-order chi connectivity index (χ1) is 7.27. The van der Waals surface area contributed by atoms with Crippen LogP contribution in [0.3, 0.4) is 0 Å². The number of nitrogens with zero attached hydrogens (tertiary/aromatic N) is 1. The molecule has 90 valence electrons. The van der Waals surface area contributed by atoms with Gasteiger partial charge in [0.05, 0.1) is 6.61 Å². The van der Waals surface area contributed by atoms with Gasteiger partial charge in [0.15, 0.2) is 0 Å². The second-order valence-electron chi connectivity index (χ2n) is 4.67. The second-order valence-corrected chi connectivity index (χ2v) is 5.11. The minimum absolute atomic E-state index is 0.811. The molecule has 0 bridgehead atoms. The molecule has 1 aliphatic rings. The van der Waals surface area contributed by atoms with Crippen molar-refractivity contribution in [2.24, 2.45) is 5.92 Å². The van der Waals surface area contributed by atoms with Gasteiger partial charge in [-0.3, -0.25) is 4.90 Å². The number of hydrogen-bond acceptors (Lipinski definition) is 3. The van der Waals surface area contributed by atoms with Gasteiger partial charge < -0.3 is 4.74 Å². The van der Waals surface area contributed by atoms with Crippen LogP contribution < -0.4 is 0 Å². The maximum Gasteiger partial charge on any atom is 0.0589 e. The van der Waals surface area contributed by atoms with E-state index in [0.29, 0.717) is 0 Å². The Balaban J connectivity index is 2.13. The summed E-state index contributed by atoms with van der Waals surface area (Å²) in [5.41, 5.74) is 0. The minimum atomic E-state index is 0.811. The molecule has 0 radical (unpaired) electrons. The van der Waals surface area contributed by atoms with Crippen LogP contribution in [0, 0.1) is 5.92 Å². The van der Waals surface area contributed by atoms with Gasteiger partial charge in [0.1, 0.15) is 0 Å². The molecule has 0 aromatic rings. The third-order valence-electron chi connectivity index (χ3n) is 3.18. The highest BCUT2D eigenvalue weighted by molar-refractivity contribution is 7.80. The van der Waals surface area contributed by atoms with Gasteiger partial charge in [0.2, 0.25) is 0 Å². The third kappa shape index (κ3) is 5.79. The van der Waals surface area contributed by atoms with Gasteiger partial charge in [0, 0.05) is 19.7 Å². The van der Waals surface area contributed by atoms with Gasteiger partial charge in [-0.25, -0.2) is 0 Å². The van der Waals surface area contributed by atoms with Gasteiger partial charge in [-0.1, -0.05) is 6.92 Å². The van der Waals surface area contributed by atoms with Crippen molar-refractivity contribution in [2.75, 3.05) is 32.6 Å². The first-order valence-corrected chi connectivity index (χ1v) is 6.75. The van der Waals surface area contributed by atoms with Crippen molar-refractivity contribution < 1.29 is 4.74 Å². The molecule has 0 aliphatic heterocycles. The van der Waals surface area contributed by atoms with E-state index in [1.807, 2.05) is 0 Å². The zero-order valence-corrected chi connectivity index (χ0v) is 11.0. The summed E-state index contributed by atoms with van der Waals surface area (Å²) in [6.45, 7) is 5.55. The van der Waals surface area contributed by atoms with Gasteiger partial charge in [-0.15, -0.1) is 0 Å². The van der Waals surface area contributed by atoms with Crippen LogP contribution >= 0.6 is 12.6 Å². The summed E-state index contributed by atoms with van der Waals surface area (Å²) in [4.78, 5) is 2.60. The Morgan fingerprint density at radius 1 is 1.33 bits per heavy atom. The molecule has 1 unspecified atom stereocenters. The Kier molecular flexibility index (Phi) is 6.69. The molecule has 0 aromatic carbocycles. The standard InChI is InChI=1S/C12H25NOS/c1-11(6-10-15)5-7-13(8-9-14-2)12-3-4-12/h11-12,15H,3-10H2,1-2H3. The van der Waals surface area contributed by atoms with E-state index in [1.165, 1.54) is 32.2 Å². The molecule has 1 saturated carbocycles. The van der Waals surface area contributed by atoms with E-state index < -0.39 is 0 Å². The Morgan fingerprint density at radius 3 is 2.60 bits per heavy atom.